The molecular formula is C15H23N3. The average molecular weight is 245 g/mol. The van der Waals surface area contributed by atoms with Crippen molar-refractivity contribution in [3.63, 3.8) is 0 Å². The molecule has 1 aromatic carbocycles. The monoisotopic (exact) mass is 245 g/mol. The second-order valence-corrected chi connectivity index (χ2v) is 5.85. The predicted molar refractivity (Wildman–Crippen MR) is 76.8 cm³/mol. The number of aryl methyl sites for hydroxylation is 1. The van der Waals surface area contributed by atoms with E-state index in [9.17, 15) is 0 Å². The van der Waals surface area contributed by atoms with Crippen LogP contribution in [-0.4, -0.2) is 16.1 Å². The van der Waals surface area contributed by atoms with E-state index < -0.39 is 0 Å². The number of hydrogen-bond donors (Lipinski definition) is 1. The Hall–Kier alpha value is -1.35. The van der Waals surface area contributed by atoms with Crippen molar-refractivity contribution in [2.45, 2.75) is 39.7 Å². The molecule has 0 fully saturated rings. The minimum Gasteiger partial charge on any atom is -0.331 e. The van der Waals surface area contributed by atoms with Crippen LogP contribution in [0.3, 0.4) is 0 Å². The maximum absolute atomic E-state index is 4.75. The molecule has 3 nitrogen and oxygen atoms in total. The van der Waals surface area contributed by atoms with Crippen molar-refractivity contribution in [1.29, 1.82) is 0 Å². The third kappa shape index (κ3) is 2.41. The van der Waals surface area contributed by atoms with Crippen LogP contribution in [0, 0.1) is 0 Å². The fourth-order valence-electron chi connectivity index (χ4n) is 2.29. The largest absolute Gasteiger partial charge is 0.331 e. The van der Waals surface area contributed by atoms with Crippen LogP contribution in [-0.2, 0) is 19.0 Å². The third-order valence-electron chi connectivity index (χ3n) is 3.20. The lowest BCUT2D eigenvalue weighted by Crippen LogP contribution is -2.17. The van der Waals surface area contributed by atoms with Crippen LogP contribution in [0.2, 0.25) is 0 Å². The molecule has 18 heavy (non-hydrogen) atoms. The highest BCUT2D eigenvalue weighted by molar-refractivity contribution is 5.77. The van der Waals surface area contributed by atoms with Gasteiger partial charge in [-0.3, -0.25) is 0 Å². The van der Waals surface area contributed by atoms with Crippen LogP contribution in [0.15, 0.2) is 18.2 Å². The van der Waals surface area contributed by atoms with E-state index in [-0.39, 0.29) is 5.41 Å². The summed E-state index contributed by atoms with van der Waals surface area (Å²) >= 11 is 0. The molecule has 0 spiro atoms. The minimum absolute atomic E-state index is 0.0790. The van der Waals surface area contributed by atoms with E-state index in [2.05, 4.69) is 62.8 Å². The van der Waals surface area contributed by atoms with Crippen molar-refractivity contribution >= 4 is 11.0 Å². The normalized spacial score (nSPS) is 12.3. The summed E-state index contributed by atoms with van der Waals surface area (Å²) in [6.07, 6.45) is 0. The summed E-state index contributed by atoms with van der Waals surface area (Å²) in [4.78, 5) is 4.75. The zero-order chi connectivity index (χ0) is 13.3. The smallest absolute Gasteiger partial charge is 0.115 e. The number of imidazole rings is 1. The number of fused-ring (bicyclic) bond motifs is 1. The molecule has 2 aromatic rings. The molecule has 0 bridgehead atoms. The Balaban J connectivity index is 2.47. The second kappa shape index (κ2) is 4.73. The number of rotatable bonds is 3. The van der Waals surface area contributed by atoms with Crippen LogP contribution >= 0.6 is 0 Å². The lowest BCUT2D eigenvalue weighted by molar-refractivity contribution is 0.526. The van der Waals surface area contributed by atoms with E-state index in [0.717, 1.165) is 24.4 Å². The summed E-state index contributed by atoms with van der Waals surface area (Å²) in [6.45, 7) is 10.6. The molecule has 0 radical (unpaired) electrons. The van der Waals surface area contributed by atoms with Gasteiger partial charge in [0, 0.05) is 19.0 Å². The molecule has 0 atom stereocenters. The lowest BCUT2D eigenvalue weighted by atomic mass is 9.96. The van der Waals surface area contributed by atoms with Gasteiger partial charge in [-0.2, -0.15) is 0 Å². The standard InChI is InChI=1S/C15H23N3/c1-6-16-10-11-7-8-12-13(9-11)18(5)14(17-12)15(2,3)4/h7-9,16H,6,10H2,1-5H3. The van der Waals surface area contributed by atoms with Crippen molar-refractivity contribution in [3.8, 4) is 0 Å². The molecule has 2 rings (SSSR count). The fraction of sp³-hybridized carbons (Fsp3) is 0.533. The predicted octanol–water partition coefficient (Wildman–Crippen LogP) is 2.98. The molecule has 1 N–H and O–H groups in total. The Morgan fingerprint density at radius 2 is 2.00 bits per heavy atom. The molecule has 1 heterocycles. The quantitative estimate of drug-likeness (QED) is 0.901. The maximum Gasteiger partial charge on any atom is 0.115 e. The summed E-state index contributed by atoms with van der Waals surface area (Å²) in [6, 6.07) is 6.52. The molecule has 0 amide bonds. The van der Waals surface area contributed by atoms with E-state index >= 15 is 0 Å². The van der Waals surface area contributed by atoms with Crippen molar-refractivity contribution in [2.75, 3.05) is 6.54 Å². The summed E-state index contributed by atoms with van der Waals surface area (Å²) in [5.74, 6) is 1.14. The first-order valence-electron chi connectivity index (χ1n) is 6.60. The topological polar surface area (TPSA) is 29.9 Å². The summed E-state index contributed by atoms with van der Waals surface area (Å²) in [5.41, 5.74) is 3.70. The first kappa shape index (κ1) is 13.1. The molecule has 0 aliphatic carbocycles. The average Bonchev–Trinajstić information content (AvgIpc) is 2.64. The zero-order valence-electron chi connectivity index (χ0n) is 12.0. The maximum atomic E-state index is 4.75. The van der Waals surface area contributed by atoms with Crippen LogP contribution in [0.4, 0.5) is 0 Å². The van der Waals surface area contributed by atoms with Crippen molar-refractivity contribution < 1.29 is 0 Å². The highest BCUT2D eigenvalue weighted by Gasteiger charge is 2.21. The van der Waals surface area contributed by atoms with Gasteiger partial charge in [0.25, 0.3) is 0 Å². The Bertz CT molecular complexity index is 547. The van der Waals surface area contributed by atoms with Crippen LogP contribution in [0.25, 0.3) is 11.0 Å². The van der Waals surface area contributed by atoms with Gasteiger partial charge in [-0.1, -0.05) is 33.8 Å². The van der Waals surface area contributed by atoms with Crippen molar-refractivity contribution in [1.82, 2.24) is 14.9 Å². The molecule has 0 aliphatic heterocycles. The highest BCUT2D eigenvalue weighted by atomic mass is 15.1. The molecule has 0 saturated heterocycles. The van der Waals surface area contributed by atoms with E-state index in [4.69, 9.17) is 4.98 Å². The highest BCUT2D eigenvalue weighted by Crippen LogP contribution is 2.25. The van der Waals surface area contributed by atoms with E-state index in [1.165, 1.54) is 11.1 Å². The van der Waals surface area contributed by atoms with Gasteiger partial charge in [-0.15, -0.1) is 0 Å². The van der Waals surface area contributed by atoms with Gasteiger partial charge in [-0.05, 0) is 24.2 Å². The number of aromatic nitrogens is 2. The Labute approximate surface area is 109 Å². The Kier molecular flexibility index (Phi) is 3.44. The Morgan fingerprint density at radius 3 is 2.61 bits per heavy atom. The molecule has 1 aromatic heterocycles. The summed E-state index contributed by atoms with van der Waals surface area (Å²) in [7, 11) is 2.10. The van der Waals surface area contributed by atoms with Gasteiger partial charge in [0.05, 0.1) is 11.0 Å². The fourth-order valence-corrected chi connectivity index (χ4v) is 2.29. The summed E-state index contributed by atoms with van der Waals surface area (Å²) in [5, 5.41) is 3.36. The van der Waals surface area contributed by atoms with Crippen molar-refractivity contribution in [3.05, 3.63) is 29.6 Å². The molecule has 0 unspecified atom stereocenters. The molecular weight excluding hydrogens is 222 g/mol. The first-order valence-corrected chi connectivity index (χ1v) is 6.60. The van der Waals surface area contributed by atoms with E-state index in [0.29, 0.717) is 0 Å². The molecule has 0 saturated carbocycles. The third-order valence-corrected chi connectivity index (χ3v) is 3.20. The number of benzene rings is 1. The first-order chi connectivity index (χ1) is 8.43. The SMILES string of the molecule is CCNCc1ccc2nc(C(C)(C)C)n(C)c2c1. The van der Waals surface area contributed by atoms with Crippen molar-refractivity contribution in [2.24, 2.45) is 7.05 Å². The molecule has 0 aliphatic rings. The van der Waals surface area contributed by atoms with Gasteiger partial charge >= 0.3 is 0 Å². The summed E-state index contributed by atoms with van der Waals surface area (Å²) < 4.78 is 2.21. The van der Waals surface area contributed by atoms with Gasteiger partial charge < -0.3 is 9.88 Å². The second-order valence-electron chi connectivity index (χ2n) is 5.85. The van der Waals surface area contributed by atoms with Crippen LogP contribution < -0.4 is 5.32 Å². The number of nitrogens with zero attached hydrogens (tertiary/aromatic N) is 2. The van der Waals surface area contributed by atoms with Crippen LogP contribution in [0.1, 0.15) is 39.1 Å². The van der Waals surface area contributed by atoms with Gasteiger partial charge in [0.15, 0.2) is 0 Å². The molecule has 3 heteroatoms. The van der Waals surface area contributed by atoms with E-state index in [1.54, 1.807) is 0 Å². The van der Waals surface area contributed by atoms with Gasteiger partial charge in [0.1, 0.15) is 5.82 Å². The minimum atomic E-state index is 0.0790. The molecule has 98 valence electrons. The Morgan fingerprint density at radius 1 is 1.28 bits per heavy atom. The number of nitrogens with one attached hydrogen (secondary N) is 1. The zero-order valence-corrected chi connectivity index (χ0v) is 12.0. The van der Waals surface area contributed by atoms with Gasteiger partial charge in [-0.25, -0.2) is 4.98 Å². The lowest BCUT2D eigenvalue weighted by Gasteiger charge is -2.17. The van der Waals surface area contributed by atoms with Gasteiger partial charge in [0.2, 0.25) is 0 Å². The van der Waals surface area contributed by atoms with E-state index in [1.807, 2.05) is 0 Å². The number of hydrogen-bond acceptors (Lipinski definition) is 2. The van der Waals surface area contributed by atoms with Crippen LogP contribution in [0.5, 0.6) is 0 Å².